The van der Waals surface area contributed by atoms with E-state index in [9.17, 15) is 0 Å². The third-order valence-corrected chi connectivity index (χ3v) is 4.83. The molecule has 0 spiro atoms. The molecular formula is C20H18N4O2. The molecule has 6 heteroatoms. The van der Waals surface area contributed by atoms with Gasteiger partial charge in [-0.25, -0.2) is 4.98 Å². The second-order valence-corrected chi connectivity index (χ2v) is 6.45. The maximum Gasteiger partial charge on any atom is 0.160 e. The predicted octanol–water partition coefficient (Wildman–Crippen LogP) is 3.81. The highest BCUT2D eigenvalue weighted by Crippen LogP contribution is 2.36. The second kappa shape index (κ2) is 6.31. The van der Waals surface area contributed by atoms with Gasteiger partial charge in [0, 0.05) is 30.3 Å². The molecule has 1 aliphatic heterocycles. The summed E-state index contributed by atoms with van der Waals surface area (Å²) in [7, 11) is 0. The van der Waals surface area contributed by atoms with Crippen molar-refractivity contribution in [2.45, 2.75) is 19.0 Å². The quantitative estimate of drug-likeness (QED) is 0.608. The van der Waals surface area contributed by atoms with Crippen molar-refractivity contribution in [1.82, 2.24) is 20.0 Å². The van der Waals surface area contributed by atoms with Crippen LogP contribution in [0.3, 0.4) is 0 Å². The number of hydrogen-bond donors (Lipinski definition) is 1. The number of aromatic amines is 1. The van der Waals surface area contributed by atoms with Gasteiger partial charge in [-0.15, -0.1) is 0 Å². The van der Waals surface area contributed by atoms with E-state index in [0.29, 0.717) is 6.54 Å². The van der Waals surface area contributed by atoms with Crippen LogP contribution in [0.2, 0.25) is 0 Å². The molecule has 0 bridgehead atoms. The first-order valence-electron chi connectivity index (χ1n) is 8.69. The molecule has 0 amide bonds. The Labute approximate surface area is 150 Å². The van der Waals surface area contributed by atoms with Crippen molar-refractivity contribution in [3.63, 3.8) is 0 Å². The molecule has 0 saturated heterocycles. The third kappa shape index (κ3) is 2.64. The van der Waals surface area contributed by atoms with Gasteiger partial charge in [-0.05, 0) is 12.1 Å². The Morgan fingerprint density at radius 2 is 2.08 bits per heavy atom. The second-order valence-electron chi connectivity index (χ2n) is 6.45. The first kappa shape index (κ1) is 15.2. The van der Waals surface area contributed by atoms with E-state index in [0.717, 1.165) is 47.1 Å². The number of rotatable bonds is 4. The molecule has 0 fully saturated rings. The molecule has 4 heterocycles. The summed E-state index contributed by atoms with van der Waals surface area (Å²) in [5.74, 6) is 1.72. The zero-order valence-electron chi connectivity index (χ0n) is 14.1. The molecule has 1 aliphatic rings. The fraction of sp³-hybridized carbons (Fsp3) is 0.200. The Morgan fingerprint density at radius 3 is 2.92 bits per heavy atom. The van der Waals surface area contributed by atoms with Gasteiger partial charge >= 0.3 is 0 Å². The number of nitrogens with one attached hydrogen (secondary N) is 1. The predicted molar refractivity (Wildman–Crippen MR) is 95.2 cm³/mol. The minimum atomic E-state index is -0.0833. The SMILES string of the molecule is c1ccc(-c2cc([C@@H]3c4nc[nH]c4CCN3Cc3ccco3)on2)cc1. The molecule has 1 atom stereocenters. The molecule has 4 aromatic rings. The topological polar surface area (TPSA) is 71.1 Å². The fourth-order valence-electron chi connectivity index (χ4n) is 3.58. The molecule has 0 radical (unpaired) electrons. The van der Waals surface area contributed by atoms with Crippen molar-refractivity contribution < 1.29 is 8.94 Å². The van der Waals surface area contributed by atoms with E-state index in [1.165, 1.54) is 0 Å². The first-order chi connectivity index (χ1) is 12.9. The molecule has 130 valence electrons. The lowest BCUT2D eigenvalue weighted by molar-refractivity contribution is 0.159. The molecule has 6 nitrogen and oxygen atoms in total. The van der Waals surface area contributed by atoms with Crippen LogP contribution < -0.4 is 0 Å². The Hall–Kier alpha value is -3.12. The molecule has 1 aromatic carbocycles. The van der Waals surface area contributed by atoms with E-state index in [2.05, 4.69) is 20.0 Å². The van der Waals surface area contributed by atoms with E-state index < -0.39 is 0 Å². The summed E-state index contributed by atoms with van der Waals surface area (Å²) in [5, 5.41) is 4.29. The van der Waals surface area contributed by atoms with E-state index >= 15 is 0 Å². The molecule has 0 unspecified atom stereocenters. The van der Waals surface area contributed by atoms with Gasteiger partial charge < -0.3 is 13.9 Å². The summed E-state index contributed by atoms with van der Waals surface area (Å²) in [5.41, 5.74) is 4.03. The van der Waals surface area contributed by atoms with Gasteiger partial charge in [0.25, 0.3) is 0 Å². The van der Waals surface area contributed by atoms with Crippen LogP contribution in [0, 0.1) is 0 Å². The highest BCUT2D eigenvalue weighted by molar-refractivity contribution is 5.58. The molecule has 3 aromatic heterocycles. The van der Waals surface area contributed by atoms with Crippen LogP contribution in [-0.2, 0) is 13.0 Å². The first-order valence-corrected chi connectivity index (χ1v) is 8.69. The number of hydrogen-bond acceptors (Lipinski definition) is 5. The summed E-state index contributed by atoms with van der Waals surface area (Å²) in [6.07, 6.45) is 4.38. The average molecular weight is 346 g/mol. The Balaban J connectivity index is 1.52. The fourth-order valence-corrected chi connectivity index (χ4v) is 3.58. The minimum absolute atomic E-state index is 0.0833. The summed E-state index contributed by atoms with van der Waals surface area (Å²) in [4.78, 5) is 10.1. The van der Waals surface area contributed by atoms with Crippen molar-refractivity contribution in [2.75, 3.05) is 6.54 Å². The number of benzene rings is 1. The third-order valence-electron chi connectivity index (χ3n) is 4.83. The Kier molecular flexibility index (Phi) is 3.68. The highest BCUT2D eigenvalue weighted by atomic mass is 16.5. The maximum atomic E-state index is 5.76. The van der Waals surface area contributed by atoms with Crippen LogP contribution in [0.4, 0.5) is 0 Å². The zero-order valence-corrected chi connectivity index (χ0v) is 14.1. The molecule has 26 heavy (non-hydrogen) atoms. The average Bonchev–Trinajstić information content (AvgIpc) is 3.44. The van der Waals surface area contributed by atoms with Gasteiger partial charge in [-0.1, -0.05) is 35.5 Å². The standard InChI is InChI=1S/C20H18N4O2/c1-2-5-14(6-3-1)17-11-18(26-23-17)20-19-16(21-13-22-19)8-9-24(20)12-15-7-4-10-25-15/h1-7,10-11,13,20H,8-9,12H2,(H,21,22)/t20-/m1/s1. The Morgan fingerprint density at radius 1 is 1.15 bits per heavy atom. The van der Waals surface area contributed by atoms with Gasteiger partial charge in [-0.3, -0.25) is 4.90 Å². The van der Waals surface area contributed by atoms with Crippen molar-refractivity contribution in [3.05, 3.63) is 84.0 Å². The lowest BCUT2D eigenvalue weighted by atomic mass is 9.99. The van der Waals surface area contributed by atoms with Gasteiger partial charge in [0.15, 0.2) is 5.76 Å². The van der Waals surface area contributed by atoms with Gasteiger partial charge in [-0.2, -0.15) is 0 Å². The van der Waals surface area contributed by atoms with Crippen LogP contribution in [0.25, 0.3) is 11.3 Å². The molecule has 0 saturated carbocycles. The van der Waals surface area contributed by atoms with Gasteiger partial charge in [0.1, 0.15) is 17.5 Å². The maximum absolute atomic E-state index is 5.76. The van der Waals surface area contributed by atoms with Crippen LogP contribution >= 0.6 is 0 Å². The lowest BCUT2D eigenvalue weighted by Crippen LogP contribution is -2.35. The number of furan rings is 1. The van der Waals surface area contributed by atoms with E-state index in [-0.39, 0.29) is 6.04 Å². The van der Waals surface area contributed by atoms with Crippen molar-refractivity contribution in [3.8, 4) is 11.3 Å². The number of nitrogens with zero attached hydrogens (tertiary/aromatic N) is 3. The highest BCUT2D eigenvalue weighted by Gasteiger charge is 2.34. The lowest BCUT2D eigenvalue weighted by Gasteiger charge is -2.32. The van der Waals surface area contributed by atoms with Gasteiger partial charge in [0.2, 0.25) is 0 Å². The summed E-state index contributed by atoms with van der Waals surface area (Å²) >= 11 is 0. The smallest absolute Gasteiger partial charge is 0.160 e. The molecular weight excluding hydrogens is 328 g/mol. The largest absolute Gasteiger partial charge is 0.468 e. The zero-order chi connectivity index (χ0) is 17.3. The van der Waals surface area contributed by atoms with Gasteiger partial charge in [0.05, 0.1) is 24.8 Å². The number of aromatic nitrogens is 3. The van der Waals surface area contributed by atoms with Crippen LogP contribution in [0.15, 0.2) is 70.1 Å². The molecule has 5 rings (SSSR count). The van der Waals surface area contributed by atoms with Crippen LogP contribution in [0.5, 0.6) is 0 Å². The number of imidazole rings is 1. The number of fused-ring (bicyclic) bond motifs is 1. The van der Waals surface area contributed by atoms with Crippen molar-refractivity contribution in [2.24, 2.45) is 0 Å². The normalized spacial score (nSPS) is 17.3. The molecule has 1 N–H and O–H groups in total. The van der Waals surface area contributed by atoms with Crippen molar-refractivity contribution >= 4 is 0 Å². The monoisotopic (exact) mass is 346 g/mol. The summed E-state index contributed by atoms with van der Waals surface area (Å²) in [6, 6.07) is 15.9. The summed E-state index contributed by atoms with van der Waals surface area (Å²) in [6.45, 7) is 1.59. The Bertz CT molecular complexity index is 988. The summed E-state index contributed by atoms with van der Waals surface area (Å²) < 4.78 is 11.3. The van der Waals surface area contributed by atoms with E-state index in [1.807, 2.05) is 48.5 Å². The number of H-pyrrole nitrogens is 1. The minimum Gasteiger partial charge on any atom is -0.468 e. The van der Waals surface area contributed by atoms with E-state index in [4.69, 9.17) is 8.94 Å². The van der Waals surface area contributed by atoms with Crippen molar-refractivity contribution in [1.29, 1.82) is 0 Å². The van der Waals surface area contributed by atoms with E-state index in [1.54, 1.807) is 12.6 Å². The van der Waals surface area contributed by atoms with Crippen LogP contribution in [0.1, 0.15) is 29.0 Å². The van der Waals surface area contributed by atoms with Crippen LogP contribution in [-0.4, -0.2) is 26.6 Å². The molecule has 0 aliphatic carbocycles.